The molecule has 2 aliphatic rings. The molecule has 228 valence electrons. The zero-order chi connectivity index (χ0) is 30.9. The zero-order valence-corrected chi connectivity index (χ0v) is 25.4. The minimum atomic E-state index is -0.504. The van der Waals surface area contributed by atoms with Crippen molar-refractivity contribution in [1.82, 2.24) is 24.8 Å². The maximum absolute atomic E-state index is 12.7. The lowest BCUT2D eigenvalue weighted by molar-refractivity contribution is -0.00154. The SMILES string of the molecule is Cc1cc(Nc2ncnc3ccc(N4CC5(CCCN(C(=O)OC(C)(C)C)C5)C4)nc23)ccc1Oc1ccnc(N=CN)c1. The van der Waals surface area contributed by atoms with Crippen LogP contribution < -0.4 is 20.7 Å². The number of hydrogen-bond donors (Lipinski definition) is 2. The molecule has 2 saturated heterocycles. The average Bonchev–Trinajstić information content (AvgIpc) is 2.97. The van der Waals surface area contributed by atoms with Gasteiger partial charge in [-0.25, -0.2) is 29.7 Å². The number of likely N-dealkylation sites (tertiary alicyclic amines) is 1. The number of hydrogen-bond acceptors (Lipinski definition) is 10. The second kappa shape index (κ2) is 11.6. The van der Waals surface area contributed by atoms with Crippen LogP contribution in [0.2, 0.25) is 0 Å². The van der Waals surface area contributed by atoms with Gasteiger partial charge in [-0.3, -0.25) is 0 Å². The van der Waals surface area contributed by atoms with Gasteiger partial charge in [0.1, 0.15) is 34.8 Å². The van der Waals surface area contributed by atoms with Crippen LogP contribution in [0, 0.1) is 12.3 Å². The van der Waals surface area contributed by atoms with Gasteiger partial charge >= 0.3 is 6.09 Å². The van der Waals surface area contributed by atoms with E-state index in [0.717, 1.165) is 55.1 Å². The zero-order valence-electron chi connectivity index (χ0n) is 25.4. The van der Waals surface area contributed by atoms with Crippen molar-refractivity contribution in [2.45, 2.75) is 46.1 Å². The number of aryl methyl sites for hydroxylation is 1. The van der Waals surface area contributed by atoms with Crippen molar-refractivity contribution >= 4 is 46.6 Å². The van der Waals surface area contributed by atoms with E-state index in [2.05, 4.69) is 30.2 Å². The van der Waals surface area contributed by atoms with Crippen LogP contribution in [0.5, 0.6) is 11.5 Å². The standard InChI is InChI=1S/C32H37N9O3/c1-21-14-22(6-8-25(21)43-23-10-12-34-26(15-23)35-19-33)38-29-28-24(36-20-37-29)7-9-27(39-28)41-17-32(18-41)11-5-13-40(16-32)30(42)44-31(2,3)4/h6-10,12,14-15,19-20H,5,11,13,16-18H2,1-4H3,(H2,33,34,35)(H,36,37,38). The van der Waals surface area contributed by atoms with Gasteiger partial charge < -0.3 is 30.3 Å². The van der Waals surface area contributed by atoms with Crippen LogP contribution >= 0.6 is 0 Å². The van der Waals surface area contributed by atoms with E-state index < -0.39 is 5.60 Å². The quantitative estimate of drug-likeness (QED) is 0.210. The summed E-state index contributed by atoms with van der Waals surface area (Å²) in [6.07, 6.45) is 6.17. The number of carbonyl (C=O) groups is 1. The van der Waals surface area contributed by atoms with Gasteiger partial charge in [0.25, 0.3) is 0 Å². The number of fused-ring (bicyclic) bond motifs is 1. The van der Waals surface area contributed by atoms with E-state index in [4.69, 9.17) is 20.2 Å². The second-order valence-corrected chi connectivity index (χ2v) is 12.5. The summed E-state index contributed by atoms with van der Waals surface area (Å²) in [5.41, 5.74) is 8.15. The molecule has 0 atom stereocenters. The maximum Gasteiger partial charge on any atom is 0.410 e. The normalized spacial score (nSPS) is 16.3. The number of rotatable bonds is 6. The highest BCUT2D eigenvalue weighted by atomic mass is 16.6. The maximum atomic E-state index is 12.7. The summed E-state index contributed by atoms with van der Waals surface area (Å²) < 4.78 is 11.7. The van der Waals surface area contributed by atoms with Crippen molar-refractivity contribution in [2.75, 3.05) is 36.4 Å². The Bertz CT molecular complexity index is 1710. The van der Waals surface area contributed by atoms with E-state index in [0.29, 0.717) is 35.2 Å². The van der Waals surface area contributed by atoms with E-state index in [9.17, 15) is 4.79 Å². The van der Waals surface area contributed by atoms with Gasteiger partial charge in [0, 0.05) is 49.5 Å². The summed E-state index contributed by atoms with van der Waals surface area (Å²) >= 11 is 0. The molecular formula is C32H37N9O3. The third-order valence-corrected chi connectivity index (χ3v) is 7.75. The number of anilines is 3. The number of aromatic nitrogens is 4. The predicted molar refractivity (Wildman–Crippen MR) is 170 cm³/mol. The highest BCUT2D eigenvalue weighted by Crippen LogP contribution is 2.41. The van der Waals surface area contributed by atoms with E-state index in [1.165, 1.54) is 12.7 Å². The summed E-state index contributed by atoms with van der Waals surface area (Å²) in [5, 5.41) is 3.41. The number of amides is 1. The molecule has 0 radical (unpaired) electrons. The first kappa shape index (κ1) is 29.1. The number of aliphatic imine (C=N–C) groups is 1. The Hall–Kier alpha value is -5.00. The highest BCUT2D eigenvalue weighted by molar-refractivity contribution is 5.88. The molecule has 2 aliphatic heterocycles. The molecule has 6 rings (SSSR count). The molecule has 44 heavy (non-hydrogen) atoms. The number of nitrogens with zero attached hydrogens (tertiary/aromatic N) is 7. The minimum absolute atomic E-state index is 0.0524. The molecule has 2 fully saturated rings. The molecule has 12 nitrogen and oxygen atoms in total. The van der Waals surface area contributed by atoms with Gasteiger partial charge in [-0.15, -0.1) is 0 Å². The lowest BCUT2D eigenvalue weighted by Crippen LogP contribution is -2.64. The Kier molecular flexibility index (Phi) is 7.66. The van der Waals surface area contributed by atoms with Crippen LogP contribution in [0.4, 0.5) is 27.9 Å². The fourth-order valence-corrected chi connectivity index (χ4v) is 5.79. The Morgan fingerprint density at radius 1 is 1.09 bits per heavy atom. The molecule has 12 heteroatoms. The Morgan fingerprint density at radius 2 is 1.93 bits per heavy atom. The Balaban J connectivity index is 1.15. The molecule has 0 saturated carbocycles. The number of nitrogens with one attached hydrogen (secondary N) is 1. The summed E-state index contributed by atoms with van der Waals surface area (Å²) in [6.45, 7) is 10.8. The average molecular weight is 596 g/mol. The molecule has 3 N–H and O–H groups in total. The van der Waals surface area contributed by atoms with Crippen molar-refractivity contribution in [3.8, 4) is 11.5 Å². The molecular weight excluding hydrogens is 558 g/mol. The monoisotopic (exact) mass is 595 g/mol. The van der Waals surface area contributed by atoms with Gasteiger partial charge in [-0.2, -0.15) is 0 Å². The highest BCUT2D eigenvalue weighted by Gasteiger charge is 2.47. The van der Waals surface area contributed by atoms with Crippen molar-refractivity contribution < 1.29 is 14.3 Å². The number of ether oxygens (including phenoxy) is 2. The van der Waals surface area contributed by atoms with Crippen LogP contribution in [0.3, 0.4) is 0 Å². The van der Waals surface area contributed by atoms with Crippen molar-refractivity contribution in [1.29, 1.82) is 0 Å². The molecule has 0 bridgehead atoms. The number of carbonyl (C=O) groups excluding carboxylic acids is 1. The van der Waals surface area contributed by atoms with E-state index in [1.807, 2.05) is 62.9 Å². The summed E-state index contributed by atoms with van der Waals surface area (Å²) in [7, 11) is 0. The second-order valence-electron chi connectivity index (χ2n) is 12.5. The third-order valence-electron chi connectivity index (χ3n) is 7.75. The largest absolute Gasteiger partial charge is 0.457 e. The Morgan fingerprint density at radius 3 is 2.70 bits per heavy atom. The fourth-order valence-electron chi connectivity index (χ4n) is 5.79. The van der Waals surface area contributed by atoms with Crippen molar-refractivity contribution in [3.63, 3.8) is 0 Å². The number of nitrogens with two attached hydrogens (primary N) is 1. The first-order valence-corrected chi connectivity index (χ1v) is 14.7. The lowest BCUT2D eigenvalue weighted by atomic mass is 9.73. The number of piperidine rings is 1. The molecule has 3 aromatic heterocycles. The number of pyridine rings is 2. The van der Waals surface area contributed by atoms with Gasteiger partial charge in [0.2, 0.25) is 0 Å². The van der Waals surface area contributed by atoms with Crippen LogP contribution in [-0.4, -0.2) is 69.0 Å². The molecule has 0 aliphatic carbocycles. The summed E-state index contributed by atoms with van der Waals surface area (Å²) in [5.74, 6) is 3.27. The van der Waals surface area contributed by atoms with Gasteiger partial charge in [-0.05, 0) is 82.5 Å². The molecule has 1 spiro atoms. The summed E-state index contributed by atoms with van der Waals surface area (Å²) in [4.78, 5) is 38.9. The van der Waals surface area contributed by atoms with Crippen molar-refractivity contribution in [2.24, 2.45) is 16.1 Å². The number of benzene rings is 1. The van der Waals surface area contributed by atoms with Crippen LogP contribution in [-0.2, 0) is 4.74 Å². The smallest absolute Gasteiger partial charge is 0.410 e. The molecule has 1 aromatic carbocycles. The fraction of sp³-hybridized carbons (Fsp3) is 0.375. The third kappa shape index (κ3) is 6.34. The topological polar surface area (TPSA) is 144 Å². The first-order chi connectivity index (χ1) is 21.1. The Labute approximate surface area is 256 Å². The minimum Gasteiger partial charge on any atom is -0.457 e. The van der Waals surface area contributed by atoms with E-state index in [1.54, 1.807) is 18.3 Å². The van der Waals surface area contributed by atoms with E-state index >= 15 is 0 Å². The summed E-state index contributed by atoms with van der Waals surface area (Å²) in [6, 6.07) is 13.3. The molecule has 1 amide bonds. The lowest BCUT2D eigenvalue weighted by Gasteiger charge is -2.54. The molecule has 0 unspecified atom stereocenters. The van der Waals surface area contributed by atoms with Crippen molar-refractivity contribution in [3.05, 3.63) is 60.6 Å². The van der Waals surface area contributed by atoms with E-state index in [-0.39, 0.29) is 11.5 Å². The predicted octanol–water partition coefficient (Wildman–Crippen LogP) is 5.72. The van der Waals surface area contributed by atoms with Gasteiger partial charge in [0.15, 0.2) is 11.6 Å². The van der Waals surface area contributed by atoms with Crippen LogP contribution in [0.15, 0.2) is 60.0 Å². The van der Waals surface area contributed by atoms with Crippen LogP contribution in [0.25, 0.3) is 11.0 Å². The first-order valence-electron chi connectivity index (χ1n) is 14.7. The van der Waals surface area contributed by atoms with Gasteiger partial charge in [-0.1, -0.05) is 0 Å². The van der Waals surface area contributed by atoms with Gasteiger partial charge in [0.05, 0.1) is 11.9 Å². The molecule has 5 heterocycles. The molecule has 4 aromatic rings. The van der Waals surface area contributed by atoms with Crippen LogP contribution in [0.1, 0.15) is 39.2 Å².